The van der Waals surface area contributed by atoms with Gasteiger partial charge in [0.2, 0.25) is 0 Å². The van der Waals surface area contributed by atoms with Gasteiger partial charge in [-0.25, -0.2) is 19.2 Å². The quantitative estimate of drug-likeness (QED) is 0.171. The molecule has 10 nitrogen and oxygen atoms in total. The average Bonchev–Trinajstić information content (AvgIpc) is 3.34. The van der Waals surface area contributed by atoms with E-state index in [0.29, 0.717) is 0 Å². The normalized spacial score (nSPS) is 19.5. The summed E-state index contributed by atoms with van der Waals surface area (Å²) in [7, 11) is 0. The topological polar surface area (TPSA) is 126 Å². The Morgan fingerprint density at radius 3 is 1.79 bits per heavy atom. The number of aromatic nitrogens is 2. The molecule has 0 aliphatic carbocycles. The van der Waals surface area contributed by atoms with Gasteiger partial charge in [-0.1, -0.05) is 78.4 Å². The van der Waals surface area contributed by atoms with Crippen LogP contribution in [0.1, 0.15) is 37.3 Å². The van der Waals surface area contributed by atoms with Crippen LogP contribution in [-0.4, -0.2) is 52.4 Å². The van der Waals surface area contributed by atoms with E-state index < -0.39 is 54.7 Å². The lowest BCUT2D eigenvalue weighted by atomic mass is 10.1. The van der Waals surface area contributed by atoms with Gasteiger partial charge in [0.15, 0.2) is 18.4 Å². The minimum Gasteiger partial charge on any atom is -0.459 e. The van der Waals surface area contributed by atoms with E-state index >= 15 is 0 Å². The molecule has 12 heteroatoms. The van der Waals surface area contributed by atoms with E-state index in [1.165, 1.54) is 6.20 Å². The Morgan fingerprint density at radius 1 is 0.786 bits per heavy atom. The molecule has 2 heterocycles. The predicted molar refractivity (Wildman–Crippen MR) is 153 cm³/mol. The smallest absolute Gasteiger partial charge is 0.338 e. The molecule has 0 unspecified atom stereocenters. The molecule has 4 aromatic rings. The summed E-state index contributed by atoms with van der Waals surface area (Å²) in [6, 6.07) is 24.5. The highest BCUT2D eigenvalue weighted by Crippen LogP contribution is 2.35. The fourth-order valence-corrected chi connectivity index (χ4v) is 4.62. The van der Waals surface area contributed by atoms with E-state index in [1.54, 1.807) is 91.0 Å². The van der Waals surface area contributed by atoms with Crippen LogP contribution in [0.15, 0.2) is 102 Å². The zero-order valence-corrected chi connectivity index (χ0v) is 23.3. The van der Waals surface area contributed by atoms with Crippen molar-refractivity contribution in [1.82, 2.24) is 9.55 Å². The van der Waals surface area contributed by atoms with Crippen LogP contribution in [0.5, 0.6) is 0 Å². The van der Waals surface area contributed by atoms with E-state index in [-0.39, 0.29) is 26.4 Å². The predicted octanol–water partition coefficient (Wildman–Crippen LogP) is 4.76. The van der Waals surface area contributed by atoms with Crippen molar-refractivity contribution in [2.75, 3.05) is 6.61 Å². The third kappa shape index (κ3) is 6.49. The molecule has 214 valence electrons. The Balaban J connectivity index is 1.52. The third-order valence-corrected chi connectivity index (χ3v) is 7.10. The summed E-state index contributed by atoms with van der Waals surface area (Å²) in [5.41, 5.74) is 0.0000971. The van der Waals surface area contributed by atoms with E-state index in [0.717, 1.165) is 4.57 Å². The van der Waals surface area contributed by atoms with Gasteiger partial charge < -0.3 is 18.9 Å². The van der Waals surface area contributed by atoms with E-state index in [4.69, 9.17) is 42.8 Å². The van der Waals surface area contributed by atoms with Crippen molar-refractivity contribution in [2.45, 2.75) is 24.5 Å². The number of hydrogen-bond donors (Lipinski definition) is 1. The number of nitrogens with one attached hydrogen (secondary N) is 1. The summed E-state index contributed by atoms with van der Waals surface area (Å²) in [4.78, 5) is 54.5. The third-order valence-electron chi connectivity index (χ3n) is 6.38. The fourth-order valence-electron chi connectivity index (χ4n) is 4.33. The molecule has 0 radical (unpaired) electrons. The minimum absolute atomic E-state index is 0.00543. The van der Waals surface area contributed by atoms with Gasteiger partial charge in [0.05, 0.1) is 21.7 Å². The van der Waals surface area contributed by atoms with E-state index in [1.807, 2.05) is 0 Å². The van der Waals surface area contributed by atoms with Gasteiger partial charge in [0.25, 0.3) is 0 Å². The van der Waals surface area contributed by atoms with Crippen molar-refractivity contribution >= 4 is 41.7 Å². The molecule has 0 bridgehead atoms. The number of carbonyl (C=O) groups is 3. The number of carbonyl (C=O) groups excluding carboxylic acids is 3. The molecule has 4 atom stereocenters. The van der Waals surface area contributed by atoms with Crippen LogP contribution in [0.4, 0.5) is 0 Å². The lowest BCUT2D eigenvalue weighted by Gasteiger charge is -2.25. The molecule has 1 aliphatic rings. The Bertz CT molecular complexity index is 1700. The summed E-state index contributed by atoms with van der Waals surface area (Å²) in [6.07, 6.45) is -3.96. The molecule has 1 fully saturated rings. The van der Waals surface area contributed by atoms with Gasteiger partial charge >= 0.3 is 23.6 Å². The lowest BCUT2D eigenvalue weighted by Crippen LogP contribution is -2.42. The first-order chi connectivity index (χ1) is 20.3. The molecule has 3 aromatic carbocycles. The fraction of sp³-hybridized carbons (Fsp3) is 0.167. The van der Waals surface area contributed by atoms with Crippen molar-refractivity contribution in [3.05, 3.63) is 134 Å². The molecular formula is C30H23ClN2O8S. The van der Waals surface area contributed by atoms with Crippen LogP contribution in [0.25, 0.3) is 0 Å². The number of hydrogen-bond acceptors (Lipinski definition) is 9. The largest absolute Gasteiger partial charge is 0.459 e. The molecule has 5 rings (SSSR count). The number of H-pyrrole nitrogens is 1. The summed E-state index contributed by atoms with van der Waals surface area (Å²) in [5, 5.41) is 0.0260. The van der Waals surface area contributed by atoms with Crippen molar-refractivity contribution in [2.24, 2.45) is 0 Å². The Kier molecular flexibility index (Phi) is 8.91. The number of aromatic amines is 1. The van der Waals surface area contributed by atoms with Crippen LogP contribution in [0.2, 0.25) is 5.02 Å². The van der Waals surface area contributed by atoms with Crippen molar-refractivity contribution in [1.29, 1.82) is 0 Å². The van der Waals surface area contributed by atoms with Crippen molar-refractivity contribution in [3.63, 3.8) is 0 Å². The van der Waals surface area contributed by atoms with Crippen LogP contribution >= 0.6 is 23.8 Å². The molecular weight excluding hydrogens is 584 g/mol. The molecule has 0 spiro atoms. The molecule has 1 N–H and O–H groups in total. The van der Waals surface area contributed by atoms with Gasteiger partial charge in [0, 0.05) is 6.20 Å². The van der Waals surface area contributed by atoms with Crippen molar-refractivity contribution < 1.29 is 33.3 Å². The van der Waals surface area contributed by atoms with Gasteiger partial charge in [0.1, 0.15) is 17.4 Å². The van der Waals surface area contributed by atoms with Crippen LogP contribution < -0.4 is 5.69 Å². The highest BCUT2D eigenvalue weighted by molar-refractivity contribution is 7.71. The SMILES string of the molecule is O=C(OC[C@H]1O[C@H](n2cc(Cl)c(=S)[nH]c2=O)[C@@H](OC(=O)c2ccccc2)[C@@H]1OC(=O)c1ccccc1)c1ccccc1. The number of ether oxygens (including phenoxy) is 4. The maximum atomic E-state index is 13.2. The number of rotatable bonds is 8. The van der Waals surface area contributed by atoms with Crippen LogP contribution in [0.3, 0.4) is 0 Å². The Hall–Kier alpha value is -4.58. The second kappa shape index (κ2) is 12.9. The minimum atomic E-state index is -1.37. The second-order valence-corrected chi connectivity index (χ2v) is 9.96. The Morgan fingerprint density at radius 2 is 1.26 bits per heavy atom. The summed E-state index contributed by atoms with van der Waals surface area (Å²) >= 11 is 11.3. The zero-order chi connectivity index (χ0) is 29.6. The van der Waals surface area contributed by atoms with Gasteiger partial charge in [-0.2, -0.15) is 0 Å². The molecule has 0 saturated carbocycles. The maximum absolute atomic E-state index is 13.2. The molecule has 1 saturated heterocycles. The molecule has 0 amide bonds. The van der Waals surface area contributed by atoms with E-state index in [2.05, 4.69) is 4.98 Å². The lowest BCUT2D eigenvalue weighted by molar-refractivity contribution is -0.0639. The monoisotopic (exact) mass is 606 g/mol. The molecule has 42 heavy (non-hydrogen) atoms. The standard InChI is InChI=1S/C30H23ClN2O8S/c31-21-16-33(30(37)32-25(21)42)26-24(41-29(36)20-14-8-3-9-15-20)23(40-28(35)19-12-6-2-7-13-19)22(39-26)17-38-27(34)18-10-4-1-5-11-18/h1-16,22-24,26H,17H2,(H,32,37,42)/t22-,23-,24+,26+/m1/s1. The van der Waals surface area contributed by atoms with Gasteiger partial charge in [-0.05, 0) is 36.4 Å². The van der Waals surface area contributed by atoms with Gasteiger partial charge in [-0.15, -0.1) is 0 Å². The summed E-state index contributed by atoms with van der Waals surface area (Å²) in [6.45, 7) is -0.401. The summed E-state index contributed by atoms with van der Waals surface area (Å²) < 4.78 is 24.3. The second-order valence-electron chi connectivity index (χ2n) is 9.15. The van der Waals surface area contributed by atoms with Crippen LogP contribution in [-0.2, 0) is 18.9 Å². The number of esters is 3. The highest BCUT2D eigenvalue weighted by atomic mass is 35.5. The number of benzene rings is 3. The van der Waals surface area contributed by atoms with Crippen molar-refractivity contribution in [3.8, 4) is 0 Å². The average molecular weight is 607 g/mol. The number of nitrogens with zero attached hydrogens (tertiary/aromatic N) is 1. The highest BCUT2D eigenvalue weighted by Gasteiger charge is 2.51. The van der Waals surface area contributed by atoms with Crippen LogP contribution in [0, 0.1) is 4.64 Å². The first-order valence-electron chi connectivity index (χ1n) is 12.7. The van der Waals surface area contributed by atoms with Gasteiger partial charge in [-0.3, -0.25) is 9.55 Å². The maximum Gasteiger partial charge on any atom is 0.338 e. The first kappa shape index (κ1) is 28.9. The molecule has 1 aliphatic heterocycles. The van der Waals surface area contributed by atoms with E-state index in [9.17, 15) is 19.2 Å². The first-order valence-corrected chi connectivity index (χ1v) is 13.5. The summed E-state index contributed by atoms with van der Waals surface area (Å²) in [5.74, 6) is -2.17. The zero-order valence-electron chi connectivity index (χ0n) is 21.8. The Labute approximate surface area is 249 Å². The molecule has 1 aromatic heterocycles. The number of halogens is 1.